The molecule has 10 nitrogen and oxygen atoms in total. The molecule has 0 saturated heterocycles. The van der Waals surface area contributed by atoms with E-state index in [1.54, 1.807) is 44.6 Å². The summed E-state index contributed by atoms with van der Waals surface area (Å²) in [6, 6.07) is 14.1. The normalized spacial score (nSPS) is 18.4. The number of ether oxygens (including phenoxy) is 7. The summed E-state index contributed by atoms with van der Waals surface area (Å²) in [4.78, 5) is 26.7. The molecule has 254 valence electrons. The van der Waals surface area contributed by atoms with Crippen molar-refractivity contribution in [2.75, 3.05) is 54.7 Å². The van der Waals surface area contributed by atoms with E-state index in [1.165, 1.54) is 0 Å². The van der Waals surface area contributed by atoms with Gasteiger partial charge in [0.2, 0.25) is 0 Å². The van der Waals surface area contributed by atoms with Gasteiger partial charge in [0, 0.05) is 35.2 Å². The standard InChI is InChI=1S/C23H24O6.C12H16ClNO3.ClH/c1-11(2)16-8-14-15(28-16)6-5-12-22(24)21-13-7-18(25-3)19(26-4)9-17(13)27-10-20(21)29-23(12)14;1-14(2)7-8-16-12(15)9-17-11-5-3-10(13)4-6-11;/h5-7,9,11,16,20-21H,8,10H2,1-4H3;3-6H,7-9H2,1-2H3;1H. The monoisotopic (exact) mass is 689 g/mol. The lowest BCUT2D eigenvalue weighted by molar-refractivity contribution is -0.146. The Morgan fingerprint density at radius 1 is 1.00 bits per heavy atom. The Morgan fingerprint density at radius 3 is 2.36 bits per heavy atom. The summed E-state index contributed by atoms with van der Waals surface area (Å²) in [7, 11) is 6.98. The lowest BCUT2D eigenvalue weighted by Crippen LogP contribution is -2.43. The second kappa shape index (κ2) is 15.8. The Bertz CT molecular complexity index is 1560. The maximum Gasteiger partial charge on any atom is 0.344 e. The molecule has 0 aliphatic carbocycles. The Labute approximate surface area is 286 Å². The fraction of sp³-hybridized carbons (Fsp3) is 0.429. The largest absolute Gasteiger partial charge is 0.493 e. The quantitative estimate of drug-likeness (QED) is 0.248. The summed E-state index contributed by atoms with van der Waals surface area (Å²) in [5.41, 5.74) is 2.37. The van der Waals surface area contributed by atoms with Gasteiger partial charge in [0.1, 0.15) is 48.4 Å². The van der Waals surface area contributed by atoms with Crippen LogP contribution in [0.15, 0.2) is 48.5 Å². The third-order valence-corrected chi connectivity index (χ3v) is 8.31. The van der Waals surface area contributed by atoms with Crippen LogP contribution < -0.4 is 28.4 Å². The number of methoxy groups -OCH3 is 2. The van der Waals surface area contributed by atoms with Crippen LogP contribution in [-0.4, -0.2) is 83.5 Å². The van der Waals surface area contributed by atoms with Crippen LogP contribution >= 0.6 is 24.0 Å². The van der Waals surface area contributed by atoms with Crippen molar-refractivity contribution in [2.45, 2.75) is 38.4 Å². The Balaban J connectivity index is 0.000000240. The molecule has 3 heterocycles. The van der Waals surface area contributed by atoms with Crippen LogP contribution in [0.4, 0.5) is 0 Å². The van der Waals surface area contributed by atoms with E-state index in [1.807, 2.05) is 37.2 Å². The molecule has 3 aromatic rings. The highest BCUT2D eigenvalue weighted by molar-refractivity contribution is 6.30. The van der Waals surface area contributed by atoms with Crippen molar-refractivity contribution in [2.24, 2.45) is 5.92 Å². The Kier molecular flexibility index (Phi) is 12.1. The van der Waals surface area contributed by atoms with Gasteiger partial charge in [-0.1, -0.05) is 25.4 Å². The highest BCUT2D eigenvalue weighted by Crippen LogP contribution is 2.49. The number of carbonyl (C=O) groups excluding carboxylic acids is 2. The van der Waals surface area contributed by atoms with Gasteiger partial charge in [-0.3, -0.25) is 4.79 Å². The van der Waals surface area contributed by atoms with Gasteiger partial charge in [-0.15, -0.1) is 12.4 Å². The van der Waals surface area contributed by atoms with Crippen LogP contribution in [0.3, 0.4) is 0 Å². The number of carbonyl (C=O) groups is 2. The minimum absolute atomic E-state index is 0. The summed E-state index contributed by atoms with van der Waals surface area (Å²) in [5.74, 6) is 3.46. The first-order valence-corrected chi connectivity index (χ1v) is 15.6. The van der Waals surface area contributed by atoms with Gasteiger partial charge in [0.05, 0.1) is 25.7 Å². The van der Waals surface area contributed by atoms with Crippen LogP contribution in [0.1, 0.15) is 41.3 Å². The average molecular weight is 691 g/mol. The molecule has 3 aromatic carbocycles. The molecule has 0 fully saturated rings. The van der Waals surface area contributed by atoms with Gasteiger partial charge < -0.3 is 38.1 Å². The molecule has 3 atom stereocenters. The van der Waals surface area contributed by atoms with Crippen LogP contribution in [0.5, 0.6) is 34.5 Å². The molecule has 12 heteroatoms. The van der Waals surface area contributed by atoms with Gasteiger partial charge in [-0.2, -0.15) is 0 Å². The van der Waals surface area contributed by atoms with E-state index in [-0.39, 0.29) is 43.0 Å². The molecule has 0 aromatic heterocycles. The zero-order chi connectivity index (χ0) is 33.0. The van der Waals surface area contributed by atoms with Crippen molar-refractivity contribution >= 4 is 35.8 Å². The summed E-state index contributed by atoms with van der Waals surface area (Å²) in [6.07, 6.45) is 0.474. The Hall–Kier alpha value is -3.86. The third kappa shape index (κ3) is 8.17. The fourth-order valence-electron chi connectivity index (χ4n) is 5.52. The van der Waals surface area contributed by atoms with Crippen LogP contribution in [0.25, 0.3) is 0 Å². The predicted molar refractivity (Wildman–Crippen MR) is 180 cm³/mol. The predicted octanol–water partition coefficient (Wildman–Crippen LogP) is 6.03. The van der Waals surface area contributed by atoms with Gasteiger partial charge in [0.15, 0.2) is 23.9 Å². The van der Waals surface area contributed by atoms with E-state index in [9.17, 15) is 9.59 Å². The third-order valence-electron chi connectivity index (χ3n) is 8.06. The number of halogens is 2. The van der Waals surface area contributed by atoms with Crippen LogP contribution in [-0.2, 0) is 16.0 Å². The van der Waals surface area contributed by atoms with E-state index in [2.05, 4.69) is 13.8 Å². The number of esters is 1. The number of Topliss-reactive ketones (excluding diaryl/α,β-unsaturated/α-hetero) is 1. The number of fused-ring (bicyclic) bond motifs is 6. The van der Waals surface area contributed by atoms with Gasteiger partial charge >= 0.3 is 5.97 Å². The number of rotatable bonds is 9. The van der Waals surface area contributed by atoms with Gasteiger partial charge in [-0.25, -0.2) is 4.79 Å². The molecular weight excluding hydrogens is 649 g/mol. The van der Waals surface area contributed by atoms with E-state index in [0.717, 1.165) is 23.3 Å². The maximum absolute atomic E-state index is 13.5. The first-order valence-electron chi connectivity index (χ1n) is 15.2. The number of hydrogen-bond donors (Lipinski definition) is 0. The molecular formula is C35H41Cl2NO9. The van der Waals surface area contributed by atoms with Gasteiger partial charge in [0.25, 0.3) is 0 Å². The van der Waals surface area contributed by atoms with E-state index in [0.29, 0.717) is 65.0 Å². The molecule has 0 amide bonds. The van der Waals surface area contributed by atoms with Gasteiger partial charge in [-0.05, 0) is 62.5 Å². The second-order valence-corrected chi connectivity index (χ2v) is 12.3. The summed E-state index contributed by atoms with van der Waals surface area (Å²) in [5, 5.41) is 0.630. The smallest absolute Gasteiger partial charge is 0.344 e. The molecule has 0 spiro atoms. The lowest BCUT2D eigenvalue weighted by Gasteiger charge is -2.37. The van der Waals surface area contributed by atoms with Crippen LogP contribution in [0, 0.1) is 5.92 Å². The minimum atomic E-state index is -0.438. The van der Waals surface area contributed by atoms with Crippen molar-refractivity contribution < 1.29 is 42.7 Å². The summed E-state index contributed by atoms with van der Waals surface area (Å²) < 4.78 is 39.4. The van der Waals surface area contributed by atoms with Crippen molar-refractivity contribution in [3.63, 3.8) is 0 Å². The number of hydrogen-bond acceptors (Lipinski definition) is 10. The maximum atomic E-state index is 13.5. The minimum Gasteiger partial charge on any atom is -0.493 e. The number of nitrogens with zero attached hydrogens (tertiary/aromatic N) is 1. The number of likely N-dealkylation sites (N-methyl/N-ethyl adjacent to an activating group) is 1. The average Bonchev–Trinajstić information content (AvgIpc) is 3.49. The molecule has 0 radical (unpaired) electrons. The fourth-order valence-corrected chi connectivity index (χ4v) is 5.65. The molecule has 3 aliphatic rings. The first kappa shape index (κ1) is 36.0. The van der Waals surface area contributed by atoms with E-state index < -0.39 is 5.92 Å². The SMILES string of the molecule is CN(C)CCOC(=O)COc1ccc(Cl)cc1.COc1cc2c(cc1OC)C1C(=O)c3ccc4c(c3OC1CO2)CC(C(C)C)O4.Cl. The summed E-state index contributed by atoms with van der Waals surface area (Å²) >= 11 is 5.72. The van der Waals surface area contributed by atoms with E-state index >= 15 is 0 Å². The highest BCUT2D eigenvalue weighted by atomic mass is 35.5. The molecule has 6 rings (SSSR count). The van der Waals surface area contributed by atoms with E-state index in [4.69, 9.17) is 44.8 Å². The second-order valence-electron chi connectivity index (χ2n) is 11.8. The molecule has 0 bridgehead atoms. The van der Waals surface area contributed by atoms with Crippen molar-refractivity contribution in [1.29, 1.82) is 0 Å². The van der Waals surface area contributed by atoms with Crippen molar-refractivity contribution in [1.82, 2.24) is 4.90 Å². The van der Waals surface area contributed by atoms with Crippen LogP contribution in [0.2, 0.25) is 5.02 Å². The molecule has 47 heavy (non-hydrogen) atoms. The molecule has 0 N–H and O–H groups in total. The molecule has 3 aliphatic heterocycles. The molecule has 3 unspecified atom stereocenters. The first-order chi connectivity index (χ1) is 22.1. The number of benzene rings is 3. The molecule has 0 saturated carbocycles. The zero-order valence-electron chi connectivity index (χ0n) is 27.4. The number of ketones is 1. The van der Waals surface area contributed by atoms with Crippen molar-refractivity contribution in [3.8, 4) is 34.5 Å². The highest BCUT2D eigenvalue weighted by Gasteiger charge is 2.45. The van der Waals surface area contributed by atoms with Crippen molar-refractivity contribution in [3.05, 3.63) is 70.2 Å². The topological polar surface area (TPSA) is 102 Å². The lowest BCUT2D eigenvalue weighted by atomic mass is 9.81. The summed E-state index contributed by atoms with van der Waals surface area (Å²) in [6.45, 7) is 5.56. The zero-order valence-corrected chi connectivity index (χ0v) is 28.9. The Morgan fingerprint density at radius 2 is 1.70 bits per heavy atom.